The van der Waals surface area contributed by atoms with Gasteiger partial charge in [-0.2, -0.15) is 4.31 Å². The monoisotopic (exact) mass is 462 g/mol. The van der Waals surface area contributed by atoms with Crippen molar-refractivity contribution < 1.29 is 13.2 Å². The summed E-state index contributed by atoms with van der Waals surface area (Å²) in [6.45, 7) is 10.2. The largest absolute Gasteiger partial charge is 0.305 e. The van der Waals surface area contributed by atoms with Crippen LogP contribution in [0.4, 0.5) is 5.95 Å². The molecule has 1 heterocycles. The third-order valence-corrected chi connectivity index (χ3v) is 7.36. The smallest absolute Gasteiger partial charge is 0.259 e. The number of hydrogen-bond acceptors (Lipinski definition) is 4. The average Bonchev–Trinajstić information content (AvgIpc) is 3.06. The van der Waals surface area contributed by atoms with Crippen LogP contribution in [0.25, 0.3) is 11.0 Å². The van der Waals surface area contributed by atoms with Crippen molar-refractivity contribution in [3.63, 3.8) is 0 Å². The molecular formula is C22H27ClN4O3S. The molecule has 0 saturated carbocycles. The van der Waals surface area contributed by atoms with Gasteiger partial charge in [-0.15, -0.1) is 0 Å². The van der Waals surface area contributed by atoms with Crippen LogP contribution in [0, 0.1) is 0 Å². The number of para-hydroxylation sites is 2. The summed E-state index contributed by atoms with van der Waals surface area (Å²) in [4.78, 5) is 17.7. The van der Waals surface area contributed by atoms with Crippen molar-refractivity contribution in [3.05, 3.63) is 53.1 Å². The molecule has 0 radical (unpaired) electrons. The molecule has 0 aliphatic carbocycles. The van der Waals surface area contributed by atoms with Crippen molar-refractivity contribution in [2.24, 2.45) is 0 Å². The molecule has 0 aliphatic heterocycles. The quantitative estimate of drug-likeness (QED) is 0.574. The van der Waals surface area contributed by atoms with Crippen LogP contribution in [0.5, 0.6) is 0 Å². The van der Waals surface area contributed by atoms with E-state index in [0.29, 0.717) is 19.0 Å². The van der Waals surface area contributed by atoms with Crippen molar-refractivity contribution >= 4 is 44.5 Å². The second-order valence-electron chi connectivity index (χ2n) is 8.12. The van der Waals surface area contributed by atoms with Crippen molar-refractivity contribution in [1.82, 2.24) is 13.9 Å². The van der Waals surface area contributed by atoms with Gasteiger partial charge >= 0.3 is 0 Å². The van der Waals surface area contributed by atoms with Gasteiger partial charge in [0.05, 0.1) is 26.5 Å². The number of aromatic nitrogens is 2. The van der Waals surface area contributed by atoms with Gasteiger partial charge in [-0.1, -0.05) is 37.6 Å². The number of hydrogen-bond donors (Lipinski definition) is 1. The van der Waals surface area contributed by atoms with Crippen molar-refractivity contribution in [1.29, 1.82) is 0 Å². The lowest BCUT2D eigenvalue weighted by atomic mass is 10.1. The van der Waals surface area contributed by atoms with E-state index in [1.54, 1.807) is 13.8 Å². The number of fused-ring (bicyclic) bond motifs is 1. The fraction of sp³-hybridized carbons (Fsp3) is 0.364. The number of carbonyl (C=O) groups excluding carboxylic acids is 1. The van der Waals surface area contributed by atoms with Crippen LogP contribution in [0.2, 0.25) is 5.02 Å². The first kappa shape index (κ1) is 23.2. The van der Waals surface area contributed by atoms with Crippen LogP contribution >= 0.6 is 11.6 Å². The third kappa shape index (κ3) is 4.46. The molecule has 1 N–H and O–H groups in total. The maximum absolute atomic E-state index is 13.1. The Morgan fingerprint density at radius 1 is 1.13 bits per heavy atom. The van der Waals surface area contributed by atoms with Crippen LogP contribution in [-0.2, 0) is 15.6 Å². The Morgan fingerprint density at radius 3 is 2.39 bits per heavy atom. The molecule has 0 aliphatic rings. The lowest BCUT2D eigenvalue weighted by molar-refractivity contribution is 0.102. The average molecular weight is 463 g/mol. The summed E-state index contributed by atoms with van der Waals surface area (Å²) in [6.07, 6.45) is 0. The molecule has 0 spiro atoms. The summed E-state index contributed by atoms with van der Waals surface area (Å²) in [6, 6.07) is 11.8. The summed E-state index contributed by atoms with van der Waals surface area (Å²) in [7, 11) is -3.72. The van der Waals surface area contributed by atoms with E-state index in [1.807, 2.05) is 49.6 Å². The number of amides is 1. The van der Waals surface area contributed by atoms with E-state index in [0.717, 1.165) is 11.0 Å². The number of nitrogens with one attached hydrogen (secondary N) is 1. The van der Waals surface area contributed by atoms with Gasteiger partial charge in [0.25, 0.3) is 5.91 Å². The van der Waals surface area contributed by atoms with Crippen LogP contribution < -0.4 is 5.32 Å². The summed E-state index contributed by atoms with van der Waals surface area (Å²) in [5, 5.41) is 2.98. The Morgan fingerprint density at radius 2 is 1.77 bits per heavy atom. The number of rotatable bonds is 6. The molecule has 0 atom stereocenters. The number of benzene rings is 2. The number of imidazole rings is 1. The predicted octanol–water partition coefficient (Wildman–Crippen LogP) is 4.73. The molecule has 3 rings (SSSR count). The maximum atomic E-state index is 13.1. The lowest BCUT2D eigenvalue weighted by Crippen LogP contribution is -2.31. The number of anilines is 1. The third-order valence-electron chi connectivity index (χ3n) is 4.98. The molecule has 0 unspecified atom stereocenters. The Hall–Kier alpha value is -2.42. The summed E-state index contributed by atoms with van der Waals surface area (Å²) in [5.41, 5.74) is 1.35. The van der Waals surface area contributed by atoms with E-state index in [4.69, 9.17) is 11.6 Å². The molecule has 166 valence electrons. The molecule has 0 bridgehead atoms. The zero-order valence-corrected chi connectivity index (χ0v) is 19.9. The van der Waals surface area contributed by atoms with Gasteiger partial charge < -0.3 is 4.57 Å². The molecule has 3 aromatic rings. The fourth-order valence-corrected chi connectivity index (χ4v) is 5.20. The van der Waals surface area contributed by atoms with Crippen LogP contribution in [0.1, 0.15) is 45.0 Å². The minimum absolute atomic E-state index is 0.0232. The lowest BCUT2D eigenvalue weighted by Gasteiger charge is -2.24. The van der Waals surface area contributed by atoms with Gasteiger partial charge in [0.2, 0.25) is 16.0 Å². The van der Waals surface area contributed by atoms with Gasteiger partial charge in [-0.25, -0.2) is 13.4 Å². The van der Waals surface area contributed by atoms with Gasteiger partial charge in [0.15, 0.2) is 0 Å². The zero-order chi connectivity index (χ0) is 23.0. The first-order valence-electron chi connectivity index (χ1n) is 10.1. The summed E-state index contributed by atoms with van der Waals surface area (Å²) in [5.74, 6) is -0.158. The highest BCUT2D eigenvalue weighted by atomic mass is 35.5. The van der Waals surface area contributed by atoms with E-state index in [2.05, 4.69) is 10.3 Å². The summed E-state index contributed by atoms with van der Waals surface area (Å²) < 4.78 is 29.0. The molecule has 9 heteroatoms. The highest BCUT2D eigenvalue weighted by molar-refractivity contribution is 7.89. The molecular weight excluding hydrogens is 436 g/mol. The molecule has 1 amide bonds. The highest BCUT2D eigenvalue weighted by Gasteiger charge is 2.26. The van der Waals surface area contributed by atoms with Crippen molar-refractivity contribution in [2.45, 2.75) is 45.1 Å². The first-order valence-corrected chi connectivity index (χ1v) is 11.9. The number of halogens is 1. The van der Waals surface area contributed by atoms with Gasteiger partial charge in [-0.05, 0) is 51.1 Å². The Balaban J connectivity index is 2.04. The minimum atomic E-state index is -3.72. The molecule has 0 fully saturated rings. The SMILES string of the molecule is CCN(CC)S(=O)(=O)c1ccc(Cl)c(C(=O)Nc2nc3ccccc3n2C(C)(C)C)c1. The highest BCUT2D eigenvalue weighted by Crippen LogP contribution is 2.29. The fourth-order valence-electron chi connectivity index (χ4n) is 3.51. The minimum Gasteiger partial charge on any atom is -0.305 e. The van der Waals surface area contributed by atoms with E-state index in [9.17, 15) is 13.2 Å². The predicted molar refractivity (Wildman–Crippen MR) is 124 cm³/mol. The second kappa shape index (κ2) is 8.61. The normalized spacial score (nSPS) is 12.5. The summed E-state index contributed by atoms with van der Waals surface area (Å²) >= 11 is 6.27. The Kier molecular flexibility index (Phi) is 6.45. The molecule has 2 aromatic carbocycles. The number of carbonyl (C=O) groups is 1. The zero-order valence-electron chi connectivity index (χ0n) is 18.3. The second-order valence-corrected chi connectivity index (χ2v) is 10.5. The van der Waals surface area contributed by atoms with Crippen molar-refractivity contribution in [3.8, 4) is 0 Å². The molecule has 0 saturated heterocycles. The van der Waals surface area contributed by atoms with E-state index in [1.165, 1.54) is 22.5 Å². The van der Waals surface area contributed by atoms with Crippen LogP contribution in [0.3, 0.4) is 0 Å². The Bertz CT molecular complexity index is 1230. The molecule has 7 nitrogen and oxygen atoms in total. The Labute approximate surface area is 188 Å². The van der Waals surface area contributed by atoms with E-state index in [-0.39, 0.29) is 21.0 Å². The van der Waals surface area contributed by atoms with Gasteiger partial charge in [0, 0.05) is 18.6 Å². The van der Waals surface area contributed by atoms with Crippen molar-refractivity contribution in [2.75, 3.05) is 18.4 Å². The van der Waals surface area contributed by atoms with Gasteiger partial charge in [0.1, 0.15) is 0 Å². The molecule has 31 heavy (non-hydrogen) atoms. The maximum Gasteiger partial charge on any atom is 0.259 e. The first-order chi connectivity index (χ1) is 14.5. The number of nitrogens with zero attached hydrogens (tertiary/aromatic N) is 3. The van der Waals surface area contributed by atoms with Gasteiger partial charge in [-0.3, -0.25) is 10.1 Å². The van der Waals surface area contributed by atoms with E-state index >= 15 is 0 Å². The van der Waals surface area contributed by atoms with Crippen LogP contribution in [0.15, 0.2) is 47.4 Å². The molecule has 1 aromatic heterocycles. The topological polar surface area (TPSA) is 84.3 Å². The van der Waals surface area contributed by atoms with Crippen LogP contribution in [-0.4, -0.2) is 41.3 Å². The number of sulfonamides is 1. The van der Waals surface area contributed by atoms with E-state index < -0.39 is 15.9 Å². The standard InChI is InChI=1S/C22H27ClN4O3S/c1-6-26(7-2)31(29,30)15-12-13-17(23)16(14-15)20(28)25-21-24-18-10-8-9-11-19(18)27(21)22(3,4)5/h8-14H,6-7H2,1-5H3,(H,24,25,28).